The highest BCUT2D eigenvalue weighted by atomic mass is 35.5. The molecule has 0 radical (unpaired) electrons. The first-order chi connectivity index (χ1) is 5.11. The molecule has 1 aliphatic rings. The second-order valence-corrected chi connectivity index (χ2v) is 2.63. The Morgan fingerprint density at radius 2 is 2.45 bits per heavy atom. The molecule has 1 atom stereocenters. The lowest BCUT2D eigenvalue weighted by Crippen LogP contribution is -2.34. The van der Waals surface area contributed by atoms with Gasteiger partial charge >= 0.3 is 5.97 Å². The van der Waals surface area contributed by atoms with Crippen LogP contribution in [0, 0.1) is 0 Å². The number of aliphatic carboxylic acids is 1. The van der Waals surface area contributed by atoms with E-state index in [-0.39, 0.29) is 5.16 Å². The monoisotopic (exact) mass is 194 g/mol. The van der Waals surface area contributed by atoms with Gasteiger partial charge in [0.15, 0.2) is 6.04 Å². The van der Waals surface area contributed by atoms with Gasteiger partial charge in [0.25, 0.3) is 0 Å². The first-order valence-electron chi connectivity index (χ1n) is 2.69. The Bertz CT molecular complexity index is 239. The average molecular weight is 195 g/mol. The number of aliphatic imine (C=N–C) groups is 1. The minimum atomic E-state index is -1.07. The Morgan fingerprint density at radius 1 is 1.82 bits per heavy atom. The molecule has 0 saturated carbocycles. The van der Waals surface area contributed by atoms with Crippen LogP contribution in [0.2, 0.25) is 0 Å². The van der Waals surface area contributed by atoms with E-state index < -0.39 is 12.0 Å². The van der Waals surface area contributed by atoms with Crippen molar-refractivity contribution >= 4 is 35.6 Å². The molecule has 1 rings (SSSR count). The predicted octanol–water partition coefficient (Wildman–Crippen LogP) is 1.02. The van der Waals surface area contributed by atoms with Gasteiger partial charge in [-0.25, -0.2) is 9.79 Å². The number of carboxylic acids is 1. The Morgan fingerprint density at radius 3 is 2.91 bits per heavy atom. The summed E-state index contributed by atoms with van der Waals surface area (Å²) >= 11 is 10.9. The van der Waals surface area contributed by atoms with Gasteiger partial charge in [0.05, 0.1) is 6.20 Å². The lowest BCUT2D eigenvalue weighted by atomic mass is 10.3. The highest BCUT2D eigenvalue weighted by molar-refractivity contribution is 6.31. The van der Waals surface area contributed by atoms with E-state index in [1.54, 1.807) is 0 Å². The number of nitrogens with zero attached hydrogens (tertiary/aromatic N) is 2. The van der Waals surface area contributed by atoms with Crippen molar-refractivity contribution in [3.05, 3.63) is 11.4 Å². The van der Waals surface area contributed by atoms with E-state index in [1.807, 2.05) is 0 Å². The molecule has 0 amide bonds. The summed E-state index contributed by atoms with van der Waals surface area (Å²) in [4.78, 5) is 14.0. The maximum Gasteiger partial charge on any atom is 0.333 e. The van der Waals surface area contributed by atoms with Crippen LogP contribution in [0.3, 0.4) is 0 Å². The van der Waals surface area contributed by atoms with E-state index in [9.17, 15) is 4.79 Å². The van der Waals surface area contributed by atoms with E-state index in [0.29, 0.717) is 0 Å². The number of carbonyl (C=O) groups is 1. The van der Waals surface area contributed by atoms with E-state index >= 15 is 0 Å². The van der Waals surface area contributed by atoms with Crippen LogP contribution in [0.1, 0.15) is 0 Å². The minimum absolute atomic E-state index is 0.164. The van der Waals surface area contributed by atoms with Gasteiger partial charge in [0.1, 0.15) is 5.16 Å². The van der Waals surface area contributed by atoms with Crippen LogP contribution < -0.4 is 0 Å². The molecule has 6 heteroatoms. The third-order valence-corrected chi connectivity index (χ3v) is 1.59. The van der Waals surface area contributed by atoms with Gasteiger partial charge in [0, 0.05) is 18.0 Å². The van der Waals surface area contributed by atoms with Crippen LogP contribution in [0.15, 0.2) is 16.3 Å². The second kappa shape index (κ2) is 3.11. The van der Waals surface area contributed by atoms with Crippen molar-refractivity contribution in [2.75, 3.05) is 0 Å². The molecule has 1 unspecified atom stereocenters. The molecule has 60 valence electrons. The van der Waals surface area contributed by atoms with Crippen LogP contribution in [-0.4, -0.2) is 27.8 Å². The fraction of sp³-hybridized carbons (Fsp3) is 0.200. The third-order valence-electron chi connectivity index (χ3n) is 1.09. The predicted molar refractivity (Wildman–Crippen MR) is 41.5 cm³/mol. The second-order valence-electron chi connectivity index (χ2n) is 1.86. The Labute approximate surface area is 72.8 Å². The van der Waals surface area contributed by atoms with E-state index in [1.165, 1.54) is 6.20 Å². The molecule has 11 heavy (non-hydrogen) atoms. The molecular formula is C5H4Cl2N2O2. The number of carboxylic acid groups (broad SMARTS) is 1. The molecule has 1 N–H and O–H groups in total. The van der Waals surface area contributed by atoms with Crippen LogP contribution in [0.25, 0.3) is 0 Å². The summed E-state index contributed by atoms with van der Waals surface area (Å²) in [6, 6.07) is -0.931. The number of rotatable bonds is 1. The molecule has 0 bridgehead atoms. The lowest BCUT2D eigenvalue weighted by Gasteiger charge is -2.18. The van der Waals surface area contributed by atoms with Crippen LogP contribution in [0.5, 0.6) is 0 Å². The lowest BCUT2D eigenvalue weighted by molar-refractivity contribution is -0.138. The normalized spacial score (nSPS) is 23.3. The largest absolute Gasteiger partial charge is 0.479 e. The molecule has 1 aliphatic heterocycles. The fourth-order valence-corrected chi connectivity index (χ4v) is 1.03. The summed E-state index contributed by atoms with van der Waals surface area (Å²) in [5.74, 6) is -1.07. The Hall–Kier alpha value is -0.740. The molecule has 0 spiro atoms. The molecule has 0 fully saturated rings. The minimum Gasteiger partial charge on any atom is -0.479 e. The molecule has 4 nitrogen and oxygen atoms in total. The Balaban J connectivity index is 2.77. The zero-order chi connectivity index (χ0) is 8.43. The molecule has 1 heterocycles. The SMILES string of the molecule is O=C(O)C1C=NC(Cl)=CN1Cl. The first kappa shape index (κ1) is 8.36. The molecule has 0 aromatic carbocycles. The van der Waals surface area contributed by atoms with Crippen molar-refractivity contribution in [3.63, 3.8) is 0 Å². The van der Waals surface area contributed by atoms with Crippen molar-refractivity contribution < 1.29 is 9.90 Å². The molecule has 0 saturated heterocycles. The number of hydrogen-bond acceptors (Lipinski definition) is 3. The highest BCUT2D eigenvalue weighted by Crippen LogP contribution is 2.15. The zero-order valence-electron chi connectivity index (χ0n) is 5.24. The summed E-state index contributed by atoms with van der Waals surface area (Å²) in [6.07, 6.45) is 2.40. The number of hydrogen-bond donors (Lipinski definition) is 1. The van der Waals surface area contributed by atoms with Gasteiger partial charge in [-0.3, -0.25) is 4.42 Å². The molecule has 0 aromatic heterocycles. The van der Waals surface area contributed by atoms with Gasteiger partial charge in [-0.1, -0.05) is 11.6 Å². The van der Waals surface area contributed by atoms with E-state index in [4.69, 9.17) is 28.5 Å². The smallest absolute Gasteiger partial charge is 0.333 e. The quantitative estimate of drug-likeness (QED) is 0.501. The summed E-state index contributed by atoms with van der Waals surface area (Å²) in [5.41, 5.74) is 0. The standard InChI is InChI=1S/C5H4Cl2N2O2/c6-4-2-9(7)3(1-8-4)5(10)11/h1-3H,(H,10,11). The van der Waals surface area contributed by atoms with E-state index in [0.717, 1.165) is 10.6 Å². The zero-order valence-corrected chi connectivity index (χ0v) is 6.75. The fourth-order valence-electron chi connectivity index (χ4n) is 0.590. The van der Waals surface area contributed by atoms with Crippen LogP contribution in [0.4, 0.5) is 0 Å². The summed E-state index contributed by atoms with van der Waals surface area (Å²) < 4.78 is 0.956. The van der Waals surface area contributed by atoms with Crippen LogP contribution >= 0.6 is 23.4 Å². The summed E-state index contributed by atoms with van der Waals surface area (Å²) in [5, 5.41) is 8.67. The maximum absolute atomic E-state index is 10.4. The molecular weight excluding hydrogens is 191 g/mol. The molecule has 0 aliphatic carbocycles. The van der Waals surface area contributed by atoms with Gasteiger partial charge in [-0.2, -0.15) is 0 Å². The van der Waals surface area contributed by atoms with Crippen LogP contribution in [-0.2, 0) is 4.79 Å². The van der Waals surface area contributed by atoms with Crippen molar-refractivity contribution in [1.82, 2.24) is 4.42 Å². The van der Waals surface area contributed by atoms with Crippen molar-refractivity contribution in [2.45, 2.75) is 6.04 Å². The topological polar surface area (TPSA) is 52.9 Å². The van der Waals surface area contributed by atoms with Crippen molar-refractivity contribution in [3.8, 4) is 0 Å². The summed E-state index contributed by atoms with van der Waals surface area (Å²) in [6.45, 7) is 0. The van der Waals surface area contributed by atoms with Gasteiger partial charge in [0.2, 0.25) is 0 Å². The average Bonchev–Trinajstić information content (AvgIpc) is 1.85. The van der Waals surface area contributed by atoms with Gasteiger partial charge in [-0.05, 0) is 0 Å². The summed E-state index contributed by atoms with van der Waals surface area (Å²) in [7, 11) is 0. The molecule has 0 aromatic rings. The Kier molecular flexibility index (Phi) is 2.36. The number of halogens is 2. The highest BCUT2D eigenvalue weighted by Gasteiger charge is 2.23. The first-order valence-corrected chi connectivity index (χ1v) is 3.41. The van der Waals surface area contributed by atoms with Crippen molar-refractivity contribution in [2.24, 2.45) is 4.99 Å². The van der Waals surface area contributed by atoms with Gasteiger partial charge < -0.3 is 5.11 Å². The third kappa shape index (κ3) is 1.85. The van der Waals surface area contributed by atoms with Crippen molar-refractivity contribution in [1.29, 1.82) is 0 Å². The van der Waals surface area contributed by atoms with Gasteiger partial charge in [-0.15, -0.1) is 0 Å². The van der Waals surface area contributed by atoms with E-state index in [2.05, 4.69) is 4.99 Å². The maximum atomic E-state index is 10.4.